The quantitative estimate of drug-likeness (QED) is 0.508. The van der Waals surface area contributed by atoms with Crippen molar-refractivity contribution in [3.05, 3.63) is 0 Å². The molecule has 1 aliphatic rings. The number of nitrogens with zero attached hydrogens (tertiary/aromatic N) is 2. The highest BCUT2D eigenvalue weighted by Crippen LogP contribution is 2.22. The van der Waals surface area contributed by atoms with Crippen molar-refractivity contribution in [2.24, 2.45) is 0 Å². The van der Waals surface area contributed by atoms with Crippen LogP contribution < -0.4 is 0 Å². The Morgan fingerprint density at radius 1 is 0.870 bits per heavy atom. The maximum Gasteiger partial charge on any atom is 0.500 e. The summed E-state index contributed by atoms with van der Waals surface area (Å²) in [7, 11) is -2.47. The van der Waals surface area contributed by atoms with E-state index in [2.05, 4.69) is 23.6 Å². The number of hydrogen-bond donors (Lipinski definition) is 0. The molecule has 6 heteroatoms. The van der Waals surface area contributed by atoms with Gasteiger partial charge in [0.25, 0.3) is 0 Å². The number of rotatable bonds is 12. The molecule has 0 N–H and O–H groups in total. The fourth-order valence-electron chi connectivity index (χ4n) is 3.49. The molecule has 138 valence electrons. The Morgan fingerprint density at radius 3 is 1.96 bits per heavy atom. The first-order chi connectivity index (χ1) is 11.1. The maximum atomic E-state index is 5.97. The number of piperazine rings is 1. The second-order valence-electron chi connectivity index (χ2n) is 6.05. The van der Waals surface area contributed by atoms with Crippen molar-refractivity contribution in [1.29, 1.82) is 0 Å². The molecule has 1 atom stereocenters. The predicted octanol–water partition coefficient (Wildman–Crippen LogP) is 2.84. The van der Waals surface area contributed by atoms with Crippen LogP contribution in [0.25, 0.3) is 0 Å². The molecule has 1 aliphatic heterocycles. The van der Waals surface area contributed by atoms with Gasteiger partial charge in [0.2, 0.25) is 0 Å². The molecule has 0 amide bonds. The van der Waals surface area contributed by atoms with Crippen molar-refractivity contribution in [1.82, 2.24) is 9.80 Å². The lowest BCUT2D eigenvalue weighted by molar-refractivity contribution is 0.0633. The summed E-state index contributed by atoms with van der Waals surface area (Å²) >= 11 is 0. The van der Waals surface area contributed by atoms with Crippen molar-refractivity contribution < 1.29 is 13.3 Å². The van der Waals surface area contributed by atoms with Crippen molar-refractivity contribution >= 4 is 8.80 Å². The van der Waals surface area contributed by atoms with Crippen LogP contribution in [0.1, 0.15) is 47.5 Å². The predicted molar refractivity (Wildman–Crippen MR) is 97.8 cm³/mol. The summed E-state index contributed by atoms with van der Waals surface area (Å²) in [6.45, 7) is 18.5. The molecule has 1 rings (SSSR count). The Morgan fingerprint density at radius 2 is 1.48 bits per heavy atom. The molecular formula is C17H38N2O3Si. The lowest BCUT2D eigenvalue weighted by Crippen LogP contribution is -2.53. The van der Waals surface area contributed by atoms with E-state index in [9.17, 15) is 0 Å². The van der Waals surface area contributed by atoms with Crippen LogP contribution in [-0.2, 0) is 13.3 Å². The number of hydrogen-bond acceptors (Lipinski definition) is 5. The van der Waals surface area contributed by atoms with Crippen LogP contribution in [0, 0.1) is 0 Å². The van der Waals surface area contributed by atoms with Crippen LogP contribution in [0.5, 0.6) is 0 Å². The van der Waals surface area contributed by atoms with Gasteiger partial charge in [0.15, 0.2) is 0 Å². The monoisotopic (exact) mass is 346 g/mol. The third-order valence-electron chi connectivity index (χ3n) is 4.66. The Balaban J connectivity index is 2.55. The van der Waals surface area contributed by atoms with Gasteiger partial charge in [-0.25, -0.2) is 0 Å². The lowest BCUT2D eigenvalue weighted by Gasteiger charge is -2.41. The molecule has 5 nitrogen and oxygen atoms in total. The van der Waals surface area contributed by atoms with Crippen molar-refractivity contribution in [2.45, 2.75) is 59.5 Å². The summed E-state index contributed by atoms with van der Waals surface area (Å²) in [4.78, 5) is 5.19. The van der Waals surface area contributed by atoms with Gasteiger partial charge in [0, 0.05) is 51.5 Å². The molecule has 1 heterocycles. The van der Waals surface area contributed by atoms with E-state index >= 15 is 0 Å². The van der Waals surface area contributed by atoms with Gasteiger partial charge in [-0.05, 0) is 46.7 Å². The average Bonchev–Trinajstić information content (AvgIpc) is 2.55. The lowest BCUT2D eigenvalue weighted by atomic mass is 10.1. The van der Waals surface area contributed by atoms with Crippen LogP contribution in [0.4, 0.5) is 0 Å². The van der Waals surface area contributed by atoms with Crippen molar-refractivity contribution in [2.75, 3.05) is 52.5 Å². The highest BCUT2D eigenvalue weighted by Gasteiger charge is 2.40. The van der Waals surface area contributed by atoms with Gasteiger partial charge in [-0.15, -0.1) is 0 Å². The van der Waals surface area contributed by atoms with E-state index in [1.54, 1.807) is 0 Å². The average molecular weight is 347 g/mol. The minimum absolute atomic E-state index is 0.658. The Bertz CT molecular complexity index is 291. The zero-order valence-electron chi connectivity index (χ0n) is 16.0. The molecule has 0 saturated carbocycles. The summed E-state index contributed by atoms with van der Waals surface area (Å²) in [5.41, 5.74) is 0. The zero-order chi connectivity index (χ0) is 17.1. The smallest absolute Gasteiger partial charge is 0.374 e. The minimum atomic E-state index is -2.47. The molecule has 1 saturated heterocycles. The summed E-state index contributed by atoms with van der Waals surface area (Å²) < 4.78 is 17.9. The van der Waals surface area contributed by atoms with Crippen molar-refractivity contribution in [3.8, 4) is 0 Å². The zero-order valence-corrected chi connectivity index (χ0v) is 17.0. The molecule has 0 spiro atoms. The van der Waals surface area contributed by atoms with Crippen LogP contribution in [0.2, 0.25) is 6.04 Å². The normalized spacial score (nSPS) is 21.0. The van der Waals surface area contributed by atoms with Gasteiger partial charge in [-0.1, -0.05) is 13.8 Å². The van der Waals surface area contributed by atoms with Crippen molar-refractivity contribution in [3.63, 3.8) is 0 Å². The SMILES string of the molecule is CCO[Si](CCCC1CN(CC)CCN1CC)(OCC)OCC. The fraction of sp³-hybridized carbons (Fsp3) is 1.00. The van der Waals surface area contributed by atoms with Crippen LogP contribution >= 0.6 is 0 Å². The summed E-state index contributed by atoms with van der Waals surface area (Å²) in [6, 6.07) is 1.59. The van der Waals surface area contributed by atoms with E-state index in [0.717, 1.165) is 25.6 Å². The molecule has 0 aromatic heterocycles. The third kappa shape index (κ3) is 6.80. The second kappa shape index (κ2) is 11.6. The number of likely N-dealkylation sites (N-methyl/N-ethyl adjacent to an activating group) is 2. The molecule has 0 aliphatic carbocycles. The van der Waals surface area contributed by atoms with E-state index in [1.165, 1.54) is 26.1 Å². The molecule has 0 bridgehead atoms. The van der Waals surface area contributed by atoms with Crippen LogP contribution in [-0.4, -0.2) is 77.2 Å². The Hall–Kier alpha value is 0.0169. The van der Waals surface area contributed by atoms with Gasteiger partial charge < -0.3 is 18.2 Å². The maximum absolute atomic E-state index is 5.97. The van der Waals surface area contributed by atoms with Gasteiger partial charge in [-0.3, -0.25) is 4.90 Å². The Labute approximate surface area is 144 Å². The first-order valence-corrected chi connectivity index (χ1v) is 11.5. The highest BCUT2D eigenvalue weighted by molar-refractivity contribution is 6.60. The van der Waals surface area contributed by atoms with Gasteiger partial charge in [0.1, 0.15) is 0 Å². The first kappa shape index (κ1) is 21.1. The molecule has 1 fully saturated rings. The van der Waals surface area contributed by atoms with E-state index in [0.29, 0.717) is 25.9 Å². The van der Waals surface area contributed by atoms with E-state index in [1.807, 2.05) is 20.8 Å². The molecule has 23 heavy (non-hydrogen) atoms. The van der Waals surface area contributed by atoms with E-state index in [-0.39, 0.29) is 0 Å². The van der Waals surface area contributed by atoms with Gasteiger partial charge >= 0.3 is 8.80 Å². The summed E-state index contributed by atoms with van der Waals surface area (Å²) in [5.74, 6) is 0. The Kier molecular flexibility index (Phi) is 10.6. The molecule has 0 aromatic carbocycles. The molecule has 0 radical (unpaired) electrons. The van der Waals surface area contributed by atoms with Gasteiger partial charge in [0.05, 0.1) is 0 Å². The van der Waals surface area contributed by atoms with Crippen LogP contribution in [0.15, 0.2) is 0 Å². The summed E-state index contributed by atoms with van der Waals surface area (Å²) in [6.07, 6.45) is 2.32. The first-order valence-electron chi connectivity index (χ1n) is 9.52. The van der Waals surface area contributed by atoms with E-state index < -0.39 is 8.80 Å². The second-order valence-corrected chi connectivity index (χ2v) is 8.78. The third-order valence-corrected chi connectivity index (χ3v) is 7.81. The molecule has 0 aromatic rings. The summed E-state index contributed by atoms with van der Waals surface area (Å²) in [5, 5.41) is 0. The van der Waals surface area contributed by atoms with Gasteiger partial charge in [-0.2, -0.15) is 0 Å². The highest BCUT2D eigenvalue weighted by atomic mass is 28.4. The standard InChI is InChI=1S/C17H38N2O3Si/c1-6-18-13-14-19(7-2)17(16-18)12-11-15-23(20-8-3,21-9-4)22-10-5/h17H,6-16H2,1-5H3. The van der Waals surface area contributed by atoms with Crippen LogP contribution in [0.3, 0.4) is 0 Å². The largest absolute Gasteiger partial charge is 0.500 e. The fourth-order valence-corrected chi connectivity index (χ4v) is 6.13. The molecular weight excluding hydrogens is 308 g/mol. The van der Waals surface area contributed by atoms with E-state index in [4.69, 9.17) is 13.3 Å². The molecule has 1 unspecified atom stereocenters. The minimum Gasteiger partial charge on any atom is -0.374 e. The topological polar surface area (TPSA) is 34.2 Å².